The highest BCUT2D eigenvalue weighted by molar-refractivity contribution is 5.69. The van der Waals surface area contributed by atoms with E-state index in [1.807, 2.05) is 20.8 Å². The number of amides is 1. The summed E-state index contributed by atoms with van der Waals surface area (Å²) in [6.45, 7) is 6.16. The summed E-state index contributed by atoms with van der Waals surface area (Å²) in [5.41, 5.74) is -0.547. The topological polar surface area (TPSA) is 108 Å². The number of hydrogen-bond acceptors (Lipinski definition) is 7. The molecule has 2 rings (SSSR count). The molecule has 0 radical (unpaired) electrons. The second-order valence-corrected chi connectivity index (χ2v) is 5.77. The molecule has 0 unspecified atom stereocenters. The van der Waals surface area contributed by atoms with Gasteiger partial charge >= 0.3 is 6.09 Å². The lowest BCUT2D eigenvalue weighted by atomic mass is 10.2. The number of likely N-dealkylation sites (tertiary alicyclic amines) is 1. The van der Waals surface area contributed by atoms with Crippen molar-refractivity contribution in [1.82, 2.24) is 25.1 Å². The third kappa shape index (κ3) is 3.42. The number of rotatable bonds is 3. The van der Waals surface area contributed by atoms with E-state index < -0.39 is 5.60 Å². The Kier molecular flexibility index (Phi) is 4.19. The fourth-order valence-electron chi connectivity index (χ4n) is 2.21. The first kappa shape index (κ1) is 14.7. The van der Waals surface area contributed by atoms with Crippen LogP contribution in [0.5, 0.6) is 0 Å². The summed E-state index contributed by atoms with van der Waals surface area (Å²) in [6.07, 6.45) is 1.62. The van der Waals surface area contributed by atoms with Gasteiger partial charge < -0.3 is 14.5 Å². The number of hydrogen-bond donors (Lipinski definition) is 1. The first-order valence-electron chi connectivity index (χ1n) is 6.44. The molecule has 1 aliphatic heterocycles. The van der Waals surface area contributed by atoms with Crippen LogP contribution in [0.2, 0.25) is 0 Å². The highest BCUT2D eigenvalue weighted by Gasteiger charge is 2.39. The molecule has 2 N–H and O–H groups in total. The predicted octanol–water partition coefficient (Wildman–Crippen LogP) is 0.114. The largest absolute Gasteiger partial charge is 0.444 e. The van der Waals surface area contributed by atoms with E-state index in [-0.39, 0.29) is 24.8 Å². The van der Waals surface area contributed by atoms with E-state index in [4.69, 9.17) is 10.6 Å². The lowest BCUT2D eigenvalue weighted by Gasteiger charge is -2.27. The van der Waals surface area contributed by atoms with Crippen LogP contribution < -0.4 is 5.90 Å². The maximum Gasteiger partial charge on any atom is 0.410 e. The van der Waals surface area contributed by atoms with Crippen LogP contribution >= 0.6 is 0 Å². The van der Waals surface area contributed by atoms with Crippen molar-refractivity contribution in [2.45, 2.75) is 44.9 Å². The van der Waals surface area contributed by atoms with Gasteiger partial charge in [-0.25, -0.2) is 10.7 Å². The van der Waals surface area contributed by atoms with Gasteiger partial charge in [0.15, 0.2) is 6.33 Å². The molecule has 1 aromatic heterocycles. The van der Waals surface area contributed by atoms with E-state index in [0.29, 0.717) is 13.0 Å². The molecule has 1 aliphatic rings. The molecule has 20 heavy (non-hydrogen) atoms. The molecule has 2 heterocycles. The maximum atomic E-state index is 12.2. The lowest BCUT2D eigenvalue weighted by molar-refractivity contribution is 0.0103. The predicted molar refractivity (Wildman–Crippen MR) is 68.3 cm³/mol. The van der Waals surface area contributed by atoms with Gasteiger partial charge in [-0.1, -0.05) is 0 Å². The molecule has 9 heteroatoms. The fraction of sp³-hybridized carbons (Fsp3) is 0.818. The highest BCUT2D eigenvalue weighted by Crippen LogP contribution is 2.27. The normalized spacial score (nSPS) is 23.1. The average Bonchev–Trinajstić information content (AvgIpc) is 2.94. The quantitative estimate of drug-likeness (QED) is 0.785. The summed E-state index contributed by atoms with van der Waals surface area (Å²) < 4.78 is 5.39. The Morgan fingerprint density at radius 2 is 2.25 bits per heavy atom. The Morgan fingerprint density at radius 1 is 1.50 bits per heavy atom. The Labute approximate surface area is 117 Å². The van der Waals surface area contributed by atoms with Crippen molar-refractivity contribution in [2.24, 2.45) is 5.90 Å². The fourth-order valence-corrected chi connectivity index (χ4v) is 2.21. The van der Waals surface area contributed by atoms with Crippen molar-refractivity contribution >= 4 is 6.09 Å². The van der Waals surface area contributed by atoms with E-state index >= 15 is 0 Å². The van der Waals surface area contributed by atoms with E-state index in [1.54, 1.807) is 4.90 Å². The number of nitrogens with zero attached hydrogens (tertiary/aromatic N) is 5. The van der Waals surface area contributed by atoms with Crippen LogP contribution in [0.25, 0.3) is 0 Å². The Morgan fingerprint density at radius 3 is 2.80 bits per heavy atom. The Hall–Kier alpha value is -1.74. The molecular weight excluding hydrogens is 264 g/mol. The first-order valence-corrected chi connectivity index (χ1v) is 6.44. The monoisotopic (exact) mass is 284 g/mol. The van der Waals surface area contributed by atoms with Gasteiger partial charge in [-0.3, -0.25) is 0 Å². The molecule has 0 aromatic carbocycles. The van der Waals surface area contributed by atoms with Gasteiger partial charge in [-0.05, 0) is 32.4 Å². The number of carbonyl (C=O) groups is 1. The SMILES string of the molecule is CC(C)(C)OC(=O)N1C[C@@H](n2ncnn2)C[C@@H]1CON. The van der Waals surface area contributed by atoms with Gasteiger partial charge in [0.2, 0.25) is 0 Å². The third-order valence-electron chi connectivity index (χ3n) is 3.00. The molecule has 112 valence electrons. The molecule has 9 nitrogen and oxygen atoms in total. The molecule has 0 spiro atoms. The zero-order valence-electron chi connectivity index (χ0n) is 11.9. The van der Waals surface area contributed by atoms with Crippen LogP contribution in [-0.4, -0.2) is 56.0 Å². The van der Waals surface area contributed by atoms with Gasteiger partial charge in [0.05, 0.1) is 18.7 Å². The van der Waals surface area contributed by atoms with Gasteiger partial charge in [0, 0.05) is 6.54 Å². The van der Waals surface area contributed by atoms with Crippen LogP contribution in [0.4, 0.5) is 4.79 Å². The average molecular weight is 284 g/mol. The van der Waals surface area contributed by atoms with Crippen molar-refractivity contribution in [3.05, 3.63) is 6.33 Å². The summed E-state index contributed by atoms with van der Waals surface area (Å²) in [6, 6.07) is -0.212. The minimum atomic E-state index is -0.547. The second-order valence-electron chi connectivity index (χ2n) is 5.77. The van der Waals surface area contributed by atoms with Crippen LogP contribution in [-0.2, 0) is 9.57 Å². The number of nitrogens with two attached hydrogens (primary N) is 1. The molecule has 1 fully saturated rings. The van der Waals surface area contributed by atoms with Gasteiger partial charge in [0.1, 0.15) is 5.60 Å². The van der Waals surface area contributed by atoms with Gasteiger partial charge in [-0.15, -0.1) is 10.2 Å². The summed E-state index contributed by atoms with van der Waals surface area (Å²) in [5, 5.41) is 11.5. The summed E-state index contributed by atoms with van der Waals surface area (Å²) in [7, 11) is 0. The molecule has 2 atom stereocenters. The van der Waals surface area contributed by atoms with Gasteiger partial charge in [-0.2, -0.15) is 4.80 Å². The van der Waals surface area contributed by atoms with E-state index in [9.17, 15) is 4.79 Å². The summed E-state index contributed by atoms with van der Waals surface area (Å²) >= 11 is 0. The van der Waals surface area contributed by atoms with Crippen molar-refractivity contribution < 1.29 is 14.4 Å². The first-order chi connectivity index (χ1) is 9.40. The van der Waals surface area contributed by atoms with Crippen LogP contribution in [0.15, 0.2) is 6.33 Å². The summed E-state index contributed by atoms with van der Waals surface area (Å²) in [5.74, 6) is 5.13. The zero-order valence-corrected chi connectivity index (χ0v) is 11.9. The third-order valence-corrected chi connectivity index (χ3v) is 3.00. The smallest absolute Gasteiger partial charge is 0.410 e. The van der Waals surface area contributed by atoms with Crippen molar-refractivity contribution in [1.29, 1.82) is 0 Å². The molecule has 0 bridgehead atoms. The van der Waals surface area contributed by atoms with Crippen LogP contribution in [0.3, 0.4) is 0 Å². The van der Waals surface area contributed by atoms with Crippen molar-refractivity contribution in [2.75, 3.05) is 13.2 Å². The maximum absolute atomic E-state index is 12.2. The Balaban J connectivity index is 2.07. The molecule has 1 amide bonds. The number of carbonyl (C=O) groups excluding carboxylic acids is 1. The van der Waals surface area contributed by atoms with Crippen LogP contribution in [0, 0.1) is 0 Å². The van der Waals surface area contributed by atoms with Crippen molar-refractivity contribution in [3.8, 4) is 0 Å². The van der Waals surface area contributed by atoms with Crippen molar-refractivity contribution in [3.63, 3.8) is 0 Å². The zero-order chi connectivity index (χ0) is 14.8. The number of aromatic nitrogens is 4. The van der Waals surface area contributed by atoms with Crippen LogP contribution in [0.1, 0.15) is 33.2 Å². The Bertz CT molecular complexity index is 444. The number of ether oxygens (including phenoxy) is 1. The standard InChI is InChI=1S/C11H20N6O3/c1-11(2,3)20-10(18)16-5-8(4-9(16)6-19-12)17-14-7-13-15-17/h7-9H,4-6,12H2,1-3H3/t8-,9+/m0/s1. The van der Waals surface area contributed by atoms with E-state index in [0.717, 1.165) is 0 Å². The minimum Gasteiger partial charge on any atom is -0.444 e. The molecular formula is C11H20N6O3. The van der Waals surface area contributed by atoms with E-state index in [1.165, 1.54) is 11.1 Å². The van der Waals surface area contributed by atoms with E-state index in [2.05, 4.69) is 20.2 Å². The van der Waals surface area contributed by atoms with Gasteiger partial charge in [0.25, 0.3) is 0 Å². The summed E-state index contributed by atoms with van der Waals surface area (Å²) in [4.78, 5) is 20.0. The molecule has 0 saturated carbocycles. The number of tetrazole rings is 1. The second kappa shape index (κ2) is 5.71. The lowest BCUT2D eigenvalue weighted by Crippen LogP contribution is -2.42. The minimum absolute atomic E-state index is 0.0508. The molecule has 0 aliphatic carbocycles. The molecule has 1 saturated heterocycles. The highest BCUT2D eigenvalue weighted by atomic mass is 16.6. The molecule has 1 aromatic rings.